The van der Waals surface area contributed by atoms with Crippen molar-refractivity contribution in [3.63, 3.8) is 0 Å². The quantitative estimate of drug-likeness (QED) is 0.678. The van der Waals surface area contributed by atoms with E-state index < -0.39 is 17.5 Å². The second-order valence-electron chi connectivity index (χ2n) is 5.05. The molecule has 19 heavy (non-hydrogen) atoms. The van der Waals surface area contributed by atoms with E-state index in [2.05, 4.69) is 10.6 Å². The van der Waals surface area contributed by atoms with Gasteiger partial charge in [0.05, 0.1) is 0 Å². The van der Waals surface area contributed by atoms with Crippen molar-refractivity contribution in [3.8, 4) is 0 Å². The third-order valence-electron chi connectivity index (χ3n) is 3.44. The predicted molar refractivity (Wildman–Crippen MR) is 68.7 cm³/mol. The van der Waals surface area contributed by atoms with Crippen LogP contribution in [-0.2, 0) is 9.59 Å². The zero-order valence-corrected chi connectivity index (χ0v) is 11.5. The number of rotatable bonds is 4. The number of carbonyl (C=O) groups excluding carboxylic acids is 2. The van der Waals surface area contributed by atoms with Gasteiger partial charge in [0.25, 0.3) is 0 Å². The lowest BCUT2D eigenvalue weighted by molar-refractivity contribution is -0.143. The first-order valence-electron chi connectivity index (χ1n) is 6.36. The van der Waals surface area contributed by atoms with Crippen molar-refractivity contribution in [2.45, 2.75) is 45.2 Å². The van der Waals surface area contributed by atoms with Crippen LogP contribution < -0.4 is 10.6 Å². The third-order valence-corrected chi connectivity index (χ3v) is 3.44. The molecular weight excluding hydrogens is 250 g/mol. The van der Waals surface area contributed by atoms with Gasteiger partial charge >= 0.3 is 12.0 Å². The fourth-order valence-corrected chi connectivity index (χ4v) is 1.96. The van der Waals surface area contributed by atoms with Crippen molar-refractivity contribution in [1.82, 2.24) is 15.5 Å². The molecule has 1 fully saturated rings. The average molecular weight is 271 g/mol. The highest BCUT2D eigenvalue weighted by atomic mass is 16.4. The van der Waals surface area contributed by atoms with Crippen molar-refractivity contribution in [2.75, 3.05) is 13.1 Å². The zero-order valence-electron chi connectivity index (χ0n) is 11.5. The maximum Gasteiger partial charge on any atom is 0.329 e. The molecule has 3 amide bonds. The molecule has 0 saturated carbocycles. The van der Waals surface area contributed by atoms with Gasteiger partial charge in [-0.2, -0.15) is 0 Å². The molecule has 0 aromatic rings. The SMILES string of the molecule is CCC(C)(NC(=O)N1CCC(NC(C)=O)C1)C(=O)O. The number of carbonyl (C=O) groups is 3. The molecule has 0 radical (unpaired) electrons. The number of hydrogen-bond donors (Lipinski definition) is 3. The number of urea groups is 1. The van der Waals surface area contributed by atoms with E-state index >= 15 is 0 Å². The molecule has 0 aromatic carbocycles. The summed E-state index contributed by atoms with van der Waals surface area (Å²) in [4.78, 5) is 35.6. The Bertz CT molecular complexity index is 385. The van der Waals surface area contributed by atoms with Gasteiger partial charge in [0.15, 0.2) is 0 Å². The summed E-state index contributed by atoms with van der Waals surface area (Å²) in [5, 5.41) is 14.4. The summed E-state index contributed by atoms with van der Waals surface area (Å²) in [6.45, 7) is 5.54. The Labute approximate surface area is 112 Å². The lowest BCUT2D eigenvalue weighted by atomic mass is 10.00. The van der Waals surface area contributed by atoms with Crippen LogP contribution in [0.4, 0.5) is 4.79 Å². The number of amides is 3. The zero-order chi connectivity index (χ0) is 14.6. The summed E-state index contributed by atoms with van der Waals surface area (Å²) < 4.78 is 0. The maximum atomic E-state index is 12.0. The first-order valence-corrected chi connectivity index (χ1v) is 6.36. The number of aliphatic carboxylic acids is 1. The normalized spacial score (nSPS) is 21.6. The summed E-state index contributed by atoms with van der Waals surface area (Å²) in [6, 6.07) is -0.458. The van der Waals surface area contributed by atoms with E-state index in [1.165, 1.54) is 18.7 Å². The third kappa shape index (κ3) is 3.84. The molecule has 0 aliphatic carbocycles. The minimum absolute atomic E-state index is 0.0547. The fraction of sp³-hybridized carbons (Fsp3) is 0.750. The lowest BCUT2D eigenvalue weighted by Crippen LogP contribution is -2.55. The van der Waals surface area contributed by atoms with E-state index in [0.29, 0.717) is 25.9 Å². The van der Waals surface area contributed by atoms with Gasteiger partial charge in [0, 0.05) is 26.1 Å². The second-order valence-corrected chi connectivity index (χ2v) is 5.05. The second kappa shape index (κ2) is 5.90. The summed E-state index contributed by atoms with van der Waals surface area (Å²) >= 11 is 0. The molecule has 1 heterocycles. The smallest absolute Gasteiger partial charge is 0.329 e. The van der Waals surface area contributed by atoms with Crippen molar-refractivity contribution in [3.05, 3.63) is 0 Å². The first-order chi connectivity index (χ1) is 8.78. The topological polar surface area (TPSA) is 98.7 Å². The Morgan fingerprint density at radius 1 is 1.42 bits per heavy atom. The Balaban J connectivity index is 2.56. The number of hydrogen-bond acceptors (Lipinski definition) is 3. The summed E-state index contributed by atoms with van der Waals surface area (Å²) in [7, 11) is 0. The van der Waals surface area contributed by atoms with Gasteiger partial charge in [-0.3, -0.25) is 4.79 Å². The lowest BCUT2D eigenvalue weighted by Gasteiger charge is -2.28. The van der Waals surface area contributed by atoms with Crippen molar-refractivity contribution >= 4 is 17.9 Å². The number of likely N-dealkylation sites (tertiary alicyclic amines) is 1. The van der Waals surface area contributed by atoms with Gasteiger partial charge in [0.2, 0.25) is 5.91 Å². The van der Waals surface area contributed by atoms with Crippen LogP contribution in [0.15, 0.2) is 0 Å². The Hall–Kier alpha value is -1.79. The van der Waals surface area contributed by atoms with Crippen molar-refractivity contribution in [1.29, 1.82) is 0 Å². The Kier molecular flexibility index (Phi) is 4.74. The summed E-state index contributed by atoms with van der Waals surface area (Å²) in [5.74, 6) is -1.18. The van der Waals surface area contributed by atoms with Crippen LogP contribution >= 0.6 is 0 Å². The highest BCUT2D eigenvalue weighted by Crippen LogP contribution is 2.13. The standard InChI is InChI=1S/C12H21N3O4/c1-4-12(3,10(17)18)14-11(19)15-6-5-9(7-15)13-8(2)16/h9H,4-7H2,1-3H3,(H,13,16)(H,14,19)(H,17,18). The molecule has 0 bridgehead atoms. The van der Waals surface area contributed by atoms with E-state index in [4.69, 9.17) is 5.11 Å². The van der Waals surface area contributed by atoms with Crippen LogP contribution in [0, 0.1) is 0 Å². The summed E-state index contributed by atoms with van der Waals surface area (Å²) in [6.07, 6.45) is 0.986. The largest absolute Gasteiger partial charge is 0.480 e. The van der Waals surface area contributed by atoms with Gasteiger partial charge < -0.3 is 20.6 Å². The number of nitrogens with one attached hydrogen (secondary N) is 2. The van der Waals surface area contributed by atoms with E-state index in [9.17, 15) is 14.4 Å². The maximum absolute atomic E-state index is 12.0. The number of carboxylic acids is 1. The molecule has 2 unspecified atom stereocenters. The van der Waals surface area contributed by atoms with Crippen LogP contribution in [0.3, 0.4) is 0 Å². The fourth-order valence-electron chi connectivity index (χ4n) is 1.96. The van der Waals surface area contributed by atoms with Gasteiger partial charge in [-0.15, -0.1) is 0 Å². The first kappa shape index (κ1) is 15.3. The molecule has 1 aliphatic heterocycles. The summed E-state index contributed by atoms with van der Waals surface area (Å²) in [5.41, 5.74) is -1.26. The molecule has 3 N–H and O–H groups in total. The predicted octanol–water partition coefficient (Wildman–Crippen LogP) is 0.160. The average Bonchev–Trinajstić information content (AvgIpc) is 2.76. The van der Waals surface area contributed by atoms with Gasteiger partial charge in [-0.25, -0.2) is 9.59 Å². The van der Waals surface area contributed by atoms with E-state index in [0.717, 1.165) is 0 Å². The monoisotopic (exact) mass is 271 g/mol. The van der Waals surface area contributed by atoms with Crippen LogP contribution in [-0.4, -0.2) is 52.6 Å². The molecular formula is C12H21N3O4. The van der Waals surface area contributed by atoms with E-state index in [-0.39, 0.29) is 11.9 Å². The van der Waals surface area contributed by atoms with Gasteiger partial charge in [-0.1, -0.05) is 6.92 Å². The van der Waals surface area contributed by atoms with Crippen LogP contribution in [0.2, 0.25) is 0 Å². The molecule has 0 aromatic heterocycles. The molecule has 1 rings (SSSR count). The van der Waals surface area contributed by atoms with Crippen molar-refractivity contribution < 1.29 is 19.5 Å². The van der Waals surface area contributed by atoms with Gasteiger partial charge in [-0.05, 0) is 19.8 Å². The van der Waals surface area contributed by atoms with Gasteiger partial charge in [0.1, 0.15) is 5.54 Å². The Morgan fingerprint density at radius 2 is 2.05 bits per heavy atom. The molecule has 1 saturated heterocycles. The van der Waals surface area contributed by atoms with E-state index in [1.54, 1.807) is 6.92 Å². The number of nitrogens with zero attached hydrogens (tertiary/aromatic N) is 1. The number of carboxylic acid groups (broad SMARTS) is 1. The molecule has 2 atom stereocenters. The molecule has 1 aliphatic rings. The highest BCUT2D eigenvalue weighted by Gasteiger charge is 2.36. The van der Waals surface area contributed by atoms with Crippen molar-refractivity contribution in [2.24, 2.45) is 0 Å². The van der Waals surface area contributed by atoms with Crippen LogP contribution in [0.5, 0.6) is 0 Å². The molecule has 108 valence electrons. The Morgan fingerprint density at radius 3 is 2.53 bits per heavy atom. The van der Waals surface area contributed by atoms with Crippen LogP contribution in [0.25, 0.3) is 0 Å². The minimum Gasteiger partial charge on any atom is -0.480 e. The molecule has 7 nitrogen and oxygen atoms in total. The van der Waals surface area contributed by atoms with Crippen LogP contribution in [0.1, 0.15) is 33.6 Å². The highest BCUT2D eigenvalue weighted by molar-refractivity contribution is 5.86. The molecule has 0 spiro atoms. The molecule has 7 heteroatoms. The minimum atomic E-state index is -1.26. The van der Waals surface area contributed by atoms with E-state index in [1.807, 2.05) is 0 Å².